The van der Waals surface area contributed by atoms with Gasteiger partial charge in [0.1, 0.15) is 0 Å². The van der Waals surface area contributed by atoms with Gasteiger partial charge < -0.3 is 14.3 Å². The molecule has 1 saturated heterocycles. The Labute approximate surface area is 76.6 Å². The SMILES string of the molecule is O=COP1(=O)OP(=O)(O)OP(=O)(O)O1. The van der Waals surface area contributed by atoms with Gasteiger partial charge >= 0.3 is 29.9 Å². The highest BCUT2D eigenvalue weighted by molar-refractivity contribution is 7.75. The zero-order valence-corrected chi connectivity index (χ0v) is 8.76. The Bertz CT molecular complexity index is 353. The van der Waals surface area contributed by atoms with Gasteiger partial charge in [0, 0.05) is 0 Å². The van der Waals surface area contributed by atoms with Crippen LogP contribution in [0.25, 0.3) is 0 Å². The van der Waals surface area contributed by atoms with Gasteiger partial charge in [-0.05, 0) is 0 Å². The smallest absolute Gasteiger partial charge is 0.372 e. The number of hydrogen-bond acceptors (Lipinski definition) is 8. The van der Waals surface area contributed by atoms with Crippen LogP contribution in [0.5, 0.6) is 0 Å². The van der Waals surface area contributed by atoms with Gasteiger partial charge in [-0.1, -0.05) is 0 Å². The predicted octanol–water partition coefficient (Wildman–Crippen LogP) is 0.532. The van der Waals surface area contributed by atoms with Crippen LogP contribution in [0.3, 0.4) is 0 Å². The summed E-state index contributed by atoms with van der Waals surface area (Å²) in [6, 6.07) is 0. The minimum Gasteiger partial charge on any atom is -0.372 e. The zero-order valence-electron chi connectivity index (χ0n) is 6.08. The first-order chi connectivity index (χ1) is 6.18. The molecule has 2 atom stereocenters. The summed E-state index contributed by atoms with van der Waals surface area (Å²) in [5.41, 5.74) is 0. The van der Waals surface area contributed by atoms with E-state index in [9.17, 15) is 18.5 Å². The maximum Gasteiger partial charge on any atom is 0.550 e. The van der Waals surface area contributed by atoms with Gasteiger partial charge in [0.05, 0.1) is 0 Å². The molecule has 82 valence electrons. The fourth-order valence-electron chi connectivity index (χ4n) is 0.519. The molecule has 13 heteroatoms. The molecule has 14 heavy (non-hydrogen) atoms. The lowest BCUT2D eigenvalue weighted by Crippen LogP contribution is -2.05. The number of carbonyl (C=O) groups is 1. The fourth-order valence-corrected chi connectivity index (χ4v) is 5.16. The van der Waals surface area contributed by atoms with Crippen molar-refractivity contribution in [3.8, 4) is 0 Å². The Kier molecular flexibility index (Phi) is 3.02. The van der Waals surface area contributed by atoms with Crippen molar-refractivity contribution in [3.63, 3.8) is 0 Å². The van der Waals surface area contributed by atoms with Gasteiger partial charge in [-0.3, -0.25) is 4.79 Å². The topological polar surface area (TPSA) is 146 Å². The van der Waals surface area contributed by atoms with E-state index in [2.05, 4.69) is 17.5 Å². The van der Waals surface area contributed by atoms with E-state index in [1.54, 1.807) is 0 Å². The third-order valence-corrected chi connectivity index (χ3v) is 6.03. The van der Waals surface area contributed by atoms with Gasteiger partial charge in [-0.25, -0.2) is 13.7 Å². The van der Waals surface area contributed by atoms with Crippen molar-refractivity contribution in [2.75, 3.05) is 0 Å². The largest absolute Gasteiger partial charge is 0.550 e. The molecule has 0 aromatic carbocycles. The third-order valence-electron chi connectivity index (χ3n) is 0.785. The molecule has 2 unspecified atom stereocenters. The zero-order chi connectivity index (χ0) is 11.0. The first kappa shape index (κ1) is 12.0. The Morgan fingerprint density at radius 3 is 1.79 bits per heavy atom. The van der Waals surface area contributed by atoms with Crippen molar-refractivity contribution in [3.05, 3.63) is 0 Å². The van der Waals surface area contributed by atoms with E-state index in [1.165, 1.54) is 0 Å². The second kappa shape index (κ2) is 3.52. The molecule has 2 N–H and O–H groups in total. The lowest BCUT2D eigenvalue weighted by Gasteiger charge is -2.24. The Balaban J connectivity index is 3.04. The lowest BCUT2D eigenvalue weighted by molar-refractivity contribution is -0.121. The first-order valence-electron chi connectivity index (χ1n) is 2.70. The maximum atomic E-state index is 11.0. The van der Waals surface area contributed by atoms with Gasteiger partial charge in [0.25, 0.3) is 0 Å². The molecule has 1 fully saturated rings. The van der Waals surface area contributed by atoms with Crippen LogP contribution in [0.15, 0.2) is 0 Å². The fraction of sp³-hybridized carbons (Fsp3) is 0. The average molecular weight is 268 g/mol. The molecule has 0 radical (unpaired) electrons. The highest BCUT2D eigenvalue weighted by Gasteiger charge is 2.55. The summed E-state index contributed by atoms with van der Waals surface area (Å²) in [5.74, 6) is 0. The molecular formula is CH3O10P3. The number of phosphoric acid groups is 3. The summed E-state index contributed by atoms with van der Waals surface area (Å²) in [4.78, 5) is 27.0. The molecule has 0 aliphatic carbocycles. The van der Waals surface area contributed by atoms with E-state index in [0.717, 1.165) is 0 Å². The van der Waals surface area contributed by atoms with Crippen LogP contribution < -0.4 is 0 Å². The van der Waals surface area contributed by atoms with Gasteiger partial charge in [0.2, 0.25) is 0 Å². The summed E-state index contributed by atoms with van der Waals surface area (Å²) in [6.45, 7) is -0.438. The number of rotatable bonds is 2. The highest BCUT2D eigenvalue weighted by atomic mass is 31.3. The predicted molar refractivity (Wildman–Crippen MR) is 37.7 cm³/mol. The maximum absolute atomic E-state index is 11.0. The highest BCUT2D eigenvalue weighted by Crippen LogP contribution is 2.79. The van der Waals surface area contributed by atoms with Crippen LogP contribution >= 0.6 is 23.5 Å². The summed E-state index contributed by atoms with van der Waals surface area (Å²) in [7, 11) is -15.0. The van der Waals surface area contributed by atoms with Gasteiger partial charge in [0.15, 0.2) is 0 Å². The Morgan fingerprint density at radius 1 is 1.00 bits per heavy atom. The quantitative estimate of drug-likeness (QED) is 0.536. The number of hydrogen-bond donors (Lipinski definition) is 2. The molecule has 0 spiro atoms. The summed E-state index contributed by atoms with van der Waals surface area (Å²) in [6.07, 6.45) is 0. The van der Waals surface area contributed by atoms with Crippen molar-refractivity contribution >= 4 is 29.9 Å². The molecule has 0 amide bonds. The van der Waals surface area contributed by atoms with Crippen molar-refractivity contribution in [2.45, 2.75) is 0 Å². The van der Waals surface area contributed by atoms with Crippen molar-refractivity contribution in [1.82, 2.24) is 0 Å². The van der Waals surface area contributed by atoms with Crippen LogP contribution in [-0.2, 0) is 35.9 Å². The van der Waals surface area contributed by atoms with E-state index in [1.807, 2.05) is 0 Å². The molecule has 1 aliphatic rings. The number of carbonyl (C=O) groups excluding carboxylic acids is 1. The Hall–Kier alpha value is -0.0400. The second-order valence-electron chi connectivity index (χ2n) is 1.83. The van der Waals surface area contributed by atoms with Crippen molar-refractivity contribution < 1.29 is 45.7 Å². The summed E-state index contributed by atoms with van der Waals surface area (Å²) < 4.78 is 46.9. The summed E-state index contributed by atoms with van der Waals surface area (Å²) in [5, 5.41) is 0. The van der Waals surface area contributed by atoms with Crippen molar-refractivity contribution in [2.24, 2.45) is 0 Å². The normalized spacial score (nSPS) is 48.4. The summed E-state index contributed by atoms with van der Waals surface area (Å²) >= 11 is 0. The van der Waals surface area contributed by atoms with Gasteiger partial charge in [-0.2, -0.15) is 12.9 Å². The molecule has 0 aromatic heterocycles. The lowest BCUT2D eigenvalue weighted by atomic mass is 11.7. The third kappa shape index (κ3) is 2.98. The first-order valence-corrected chi connectivity index (χ1v) is 7.15. The monoisotopic (exact) mass is 268 g/mol. The molecule has 0 bridgehead atoms. The van der Waals surface area contributed by atoms with E-state index in [-0.39, 0.29) is 0 Å². The van der Waals surface area contributed by atoms with Crippen LogP contribution in [0.1, 0.15) is 0 Å². The second-order valence-corrected chi connectivity index (χ2v) is 6.77. The van der Waals surface area contributed by atoms with Crippen LogP contribution in [0.4, 0.5) is 0 Å². The molecular weight excluding hydrogens is 265 g/mol. The molecule has 1 heterocycles. The molecule has 10 nitrogen and oxygen atoms in total. The Morgan fingerprint density at radius 2 is 1.43 bits per heavy atom. The average Bonchev–Trinajstić information content (AvgIpc) is 1.75. The van der Waals surface area contributed by atoms with Crippen molar-refractivity contribution in [1.29, 1.82) is 0 Å². The van der Waals surface area contributed by atoms with Crippen LogP contribution in [-0.4, -0.2) is 16.3 Å². The van der Waals surface area contributed by atoms with Gasteiger partial charge in [-0.15, -0.1) is 0 Å². The van der Waals surface area contributed by atoms with E-state index >= 15 is 0 Å². The minimum absolute atomic E-state index is 0.438. The molecule has 0 saturated carbocycles. The minimum atomic E-state index is -5.04. The molecule has 1 rings (SSSR count). The van der Waals surface area contributed by atoms with E-state index in [4.69, 9.17) is 9.79 Å². The van der Waals surface area contributed by atoms with Crippen LogP contribution in [0.2, 0.25) is 0 Å². The standard InChI is InChI=1S/CH3O10P3/c2-1-8-14(7)10-12(3,4)9-13(5,6)11-14/h1H,(H,3,4)(H,5,6). The van der Waals surface area contributed by atoms with Crippen LogP contribution in [0, 0.1) is 0 Å². The van der Waals surface area contributed by atoms with E-state index in [0.29, 0.717) is 0 Å². The molecule has 1 aliphatic heterocycles. The molecule has 0 aromatic rings. The van der Waals surface area contributed by atoms with E-state index < -0.39 is 29.9 Å².